The number of nitrogens with one attached hydrogen (secondary N) is 2. The smallest absolute Gasteiger partial charge is 0.253 e. The lowest BCUT2D eigenvalue weighted by atomic mass is 10.1. The Balaban J connectivity index is 1.88. The number of carbonyl (C=O) groups is 1. The van der Waals surface area contributed by atoms with Gasteiger partial charge < -0.3 is 10.3 Å². The first-order valence-corrected chi connectivity index (χ1v) is 8.32. The lowest BCUT2D eigenvalue weighted by Crippen LogP contribution is -2.26. The Morgan fingerprint density at radius 1 is 1.23 bits per heavy atom. The van der Waals surface area contributed by atoms with Gasteiger partial charge in [0.1, 0.15) is 0 Å². The Hall–Kier alpha value is -1.66. The normalized spacial score (nSPS) is 12.3. The molecule has 0 fully saturated rings. The largest absolute Gasteiger partial charge is 0.360 e. The highest BCUT2D eigenvalue weighted by Crippen LogP contribution is 2.30. The Morgan fingerprint density at radius 3 is 2.64 bits per heavy atom. The van der Waals surface area contributed by atoms with Crippen LogP contribution in [0.2, 0.25) is 0 Å². The monoisotopic (exact) mass is 421 g/mol. The van der Waals surface area contributed by atoms with E-state index in [2.05, 4.69) is 47.1 Å². The SMILES string of the molecule is CC(NC(=O)c1c[nH]c2cc(Br)c(Br)cc12)c1ccncc1. The maximum atomic E-state index is 12.5. The van der Waals surface area contributed by atoms with Crippen molar-refractivity contribution in [2.45, 2.75) is 13.0 Å². The van der Waals surface area contributed by atoms with E-state index in [0.29, 0.717) is 5.56 Å². The number of hydrogen-bond donors (Lipinski definition) is 2. The molecule has 22 heavy (non-hydrogen) atoms. The van der Waals surface area contributed by atoms with Crippen molar-refractivity contribution in [1.82, 2.24) is 15.3 Å². The van der Waals surface area contributed by atoms with Crippen molar-refractivity contribution in [2.75, 3.05) is 0 Å². The molecular formula is C16H13Br2N3O. The zero-order valence-corrected chi connectivity index (χ0v) is 14.9. The fourth-order valence-electron chi connectivity index (χ4n) is 2.31. The summed E-state index contributed by atoms with van der Waals surface area (Å²) in [6.45, 7) is 1.95. The van der Waals surface area contributed by atoms with Gasteiger partial charge in [-0.05, 0) is 68.6 Å². The number of rotatable bonds is 3. The van der Waals surface area contributed by atoms with Crippen molar-refractivity contribution in [3.05, 3.63) is 62.9 Å². The fraction of sp³-hybridized carbons (Fsp3) is 0.125. The molecule has 0 bridgehead atoms. The molecule has 0 aliphatic heterocycles. The van der Waals surface area contributed by atoms with Crippen molar-refractivity contribution < 1.29 is 4.79 Å². The van der Waals surface area contributed by atoms with Crippen LogP contribution in [-0.4, -0.2) is 15.9 Å². The van der Waals surface area contributed by atoms with Crippen LogP contribution in [0.5, 0.6) is 0 Å². The molecule has 0 aliphatic carbocycles. The number of aromatic nitrogens is 2. The average Bonchev–Trinajstić information content (AvgIpc) is 2.91. The Bertz CT molecular complexity index is 830. The number of aromatic amines is 1. The minimum Gasteiger partial charge on any atom is -0.360 e. The van der Waals surface area contributed by atoms with E-state index in [0.717, 1.165) is 25.4 Å². The molecule has 1 atom stereocenters. The van der Waals surface area contributed by atoms with Gasteiger partial charge in [0.15, 0.2) is 0 Å². The summed E-state index contributed by atoms with van der Waals surface area (Å²) in [7, 11) is 0. The zero-order chi connectivity index (χ0) is 15.7. The zero-order valence-electron chi connectivity index (χ0n) is 11.7. The number of pyridine rings is 1. The minimum atomic E-state index is -0.107. The summed E-state index contributed by atoms with van der Waals surface area (Å²) >= 11 is 6.93. The van der Waals surface area contributed by atoms with E-state index in [1.165, 1.54) is 0 Å². The van der Waals surface area contributed by atoms with E-state index >= 15 is 0 Å². The van der Waals surface area contributed by atoms with Crippen LogP contribution in [0.3, 0.4) is 0 Å². The van der Waals surface area contributed by atoms with Crippen LogP contribution in [0.1, 0.15) is 28.9 Å². The van der Waals surface area contributed by atoms with Crippen LogP contribution in [0.15, 0.2) is 51.8 Å². The number of H-pyrrole nitrogens is 1. The third kappa shape index (κ3) is 2.94. The minimum absolute atomic E-state index is 0.0839. The molecule has 112 valence electrons. The molecule has 4 nitrogen and oxygen atoms in total. The van der Waals surface area contributed by atoms with E-state index in [9.17, 15) is 4.79 Å². The van der Waals surface area contributed by atoms with Gasteiger partial charge in [-0.25, -0.2) is 0 Å². The molecule has 2 heterocycles. The first kappa shape index (κ1) is 15.2. The van der Waals surface area contributed by atoms with Gasteiger partial charge in [0.05, 0.1) is 11.6 Å². The first-order valence-electron chi connectivity index (χ1n) is 6.73. The Morgan fingerprint density at radius 2 is 1.91 bits per heavy atom. The topological polar surface area (TPSA) is 57.8 Å². The van der Waals surface area contributed by atoms with E-state index in [4.69, 9.17) is 0 Å². The number of amides is 1. The summed E-state index contributed by atoms with van der Waals surface area (Å²) in [6, 6.07) is 7.59. The number of benzene rings is 1. The average molecular weight is 423 g/mol. The van der Waals surface area contributed by atoms with Gasteiger partial charge in [0, 0.05) is 38.4 Å². The summed E-state index contributed by atoms with van der Waals surface area (Å²) in [5, 5.41) is 3.89. The predicted octanol–water partition coefficient (Wildman–Crippen LogP) is 4.58. The van der Waals surface area contributed by atoms with Crippen molar-refractivity contribution in [3.8, 4) is 0 Å². The van der Waals surface area contributed by atoms with Crippen LogP contribution in [0.4, 0.5) is 0 Å². The molecule has 6 heteroatoms. The van der Waals surface area contributed by atoms with Crippen LogP contribution in [-0.2, 0) is 0 Å². The molecule has 3 rings (SSSR count). The maximum Gasteiger partial charge on any atom is 0.253 e. The van der Waals surface area contributed by atoms with Crippen molar-refractivity contribution in [2.24, 2.45) is 0 Å². The van der Waals surface area contributed by atoms with Gasteiger partial charge in [-0.2, -0.15) is 0 Å². The lowest BCUT2D eigenvalue weighted by molar-refractivity contribution is 0.0941. The number of nitrogens with zero attached hydrogens (tertiary/aromatic N) is 1. The Kier molecular flexibility index (Phi) is 4.31. The third-order valence-corrected chi connectivity index (χ3v) is 5.37. The molecule has 1 aromatic carbocycles. The van der Waals surface area contributed by atoms with E-state index in [1.807, 2.05) is 31.2 Å². The molecule has 2 N–H and O–H groups in total. The standard InChI is InChI=1S/C16H13Br2N3O/c1-9(10-2-4-19-5-3-10)21-16(22)12-8-20-15-7-14(18)13(17)6-11(12)15/h2-9,20H,1H3,(H,21,22). The van der Waals surface area contributed by atoms with Gasteiger partial charge in [-0.3, -0.25) is 9.78 Å². The van der Waals surface area contributed by atoms with E-state index in [-0.39, 0.29) is 11.9 Å². The van der Waals surface area contributed by atoms with Crippen molar-refractivity contribution in [3.63, 3.8) is 0 Å². The number of halogens is 2. The van der Waals surface area contributed by atoms with Crippen LogP contribution in [0, 0.1) is 0 Å². The molecule has 3 aromatic rings. The van der Waals surface area contributed by atoms with Crippen LogP contribution >= 0.6 is 31.9 Å². The fourth-order valence-corrected chi connectivity index (χ4v) is 3.00. The summed E-state index contributed by atoms with van der Waals surface area (Å²) in [6.07, 6.45) is 5.18. The second-order valence-electron chi connectivity index (χ2n) is 4.99. The van der Waals surface area contributed by atoms with Crippen LogP contribution < -0.4 is 5.32 Å². The van der Waals surface area contributed by atoms with Gasteiger partial charge in [0.2, 0.25) is 0 Å². The highest BCUT2D eigenvalue weighted by Gasteiger charge is 2.16. The summed E-state index contributed by atoms with van der Waals surface area (Å²) in [4.78, 5) is 19.6. The van der Waals surface area contributed by atoms with Gasteiger partial charge in [0.25, 0.3) is 5.91 Å². The number of carbonyl (C=O) groups excluding carboxylic acids is 1. The predicted molar refractivity (Wildman–Crippen MR) is 93.8 cm³/mol. The molecule has 2 aromatic heterocycles. The second kappa shape index (κ2) is 6.22. The molecule has 0 saturated heterocycles. The number of fused-ring (bicyclic) bond motifs is 1. The summed E-state index contributed by atoms with van der Waals surface area (Å²) in [5.74, 6) is -0.107. The molecule has 1 unspecified atom stereocenters. The van der Waals surface area contributed by atoms with E-state index < -0.39 is 0 Å². The van der Waals surface area contributed by atoms with E-state index in [1.54, 1.807) is 18.6 Å². The quantitative estimate of drug-likeness (QED) is 0.648. The molecular weight excluding hydrogens is 410 g/mol. The number of hydrogen-bond acceptors (Lipinski definition) is 2. The summed E-state index contributed by atoms with van der Waals surface area (Å²) < 4.78 is 1.86. The lowest BCUT2D eigenvalue weighted by Gasteiger charge is -2.13. The first-order chi connectivity index (χ1) is 10.6. The third-order valence-electron chi connectivity index (χ3n) is 3.52. The molecule has 1 amide bonds. The van der Waals surface area contributed by atoms with Crippen molar-refractivity contribution >= 4 is 48.7 Å². The Labute approximate surface area is 144 Å². The van der Waals surface area contributed by atoms with Gasteiger partial charge >= 0.3 is 0 Å². The highest BCUT2D eigenvalue weighted by atomic mass is 79.9. The molecule has 0 aliphatic rings. The van der Waals surface area contributed by atoms with Crippen LogP contribution in [0.25, 0.3) is 10.9 Å². The highest BCUT2D eigenvalue weighted by molar-refractivity contribution is 9.13. The van der Waals surface area contributed by atoms with Crippen molar-refractivity contribution in [1.29, 1.82) is 0 Å². The van der Waals surface area contributed by atoms with Gasteiger partial charge in [-0.15, -0.1) is 0 Å². The maximum absolute atomic E-state index is 12.5. The molecule has 0 radical (unpaired) electrons. The molecule has 0 spiro atoms. The second-order valence-corrected chi connectivity index (χ2v) is 6.70. The molecule has 0 saturated carbocycles. The summed E-state index contributed by atoms with van der Waals surface area (Å²) in [5.41, 5.74) is 2.56. The van der Waals surface area contributed by atoms with Gasteiger partial charge in [-0.1, -0.05) is 0 Å².